The van der Waals surface area contributed by atoms with Crippen LogP contribution in [0.4, 0.5) is 0 Å². The van der Waals surface area contributed by atoms with Crippen molar-refractivity contribution in [3.8, 4) is 0 Å². The normalized spacial score (nSPS) is 35.3. The van der Waals surface area contributed by atoms with Crippen LogP contribution in [-0.4, -0.2) is 96.6 Å². The molecule has 132 valence electrons. The highest BCUT2D eigenvalue weighted by Gasteiger charge is 2.45. The van der Waals surface area contributed by atoms with Gasteiger partial charge in [-0.15, -0.1) is 0 Å². The van der Waals surface area contributed by atoms with Crippen molar-refractivity contribution >= 4 is 20.0 Å². The molecule has 1 aliphatic rings. The van der Waals surface area contributed by atoms with Gasteiger partial charge >= 0.3 is 0 Å². The highest BCUT2D eigenvalue weighted by molar-refractivity contribution is 8.06. The van der Waals surface area contributed by atoms with E-state index in [9.17, 15) is 32.2 Å². The lowest BCUT2D eigenvalue weighted by molar-refractivity contribution is -0.300. The van der Waals surface area contributed by atoms with Crippen LogP contribution >= 0.6 is 0 Å². The first-order valence-electron chi connectivity index (χ1n) is 5.97. The summed E-state index contributed by atoms with van der Waals surface area (Å²) in [6.07, 6.45) is -7.68. The summed E-state index contributed by atoms with van der Waals surface area (Å²) in [5, 5.41) is 37.6. The van der Waals surface area contributed by atoms with Gasteiger partial charge in [0.2, 0.25) is 4.58 Å². The van der Waals surface area contributed by atoms with Crippen LogP contribution in [0.25, 0.3) is 0 Å². The van der Waals surface area contributed by atoms with Gasteiger partial charge in [0, 0.05) is 6.26 Å². The lowest BCUT2D eigenvalue weighted by Crippen LogP contribution is -2.59. The zero-order valence-corrected chi connectivity index (χ0v) is 13.0. The van der Waals surface area contributed by atoms with Crippen molar-refractivity contribution in [2.24, 2.45) is 0 Å². The highest BCUT2D eigenvalue weighted by Crippen LogP contribution is 2.22. The Kier molecular flexibility index (Phi) is 6.28. The molecular weight excluding hydrogens is 348 g/mol. The maximum Gasteiger partial charge on any atom is 0.284 e. The van der Waals surface area contributed by atoms with E-state index in [0.29, 0.717) is 6.26 Å². The molecule has 0 aromatic heterocycles. The number of aliphatic hydroxyl groups excluding tert-OH is 4. The van der Waals surface area contributed by atoms with Gasteiger partial charge in [0.25, 0.3) is 10.1 Å². The summed E-state index contributed by atoms with van der Waals surface area (Å²) in [5.41, 5.74) is 0. The SMILES string of the molecule is CS(=O)(=O)C(CO[C@H]1O[C@H](CO)[C@@H](O)[C@H](O)[C@H]1O)S(=O)(=O)O. The molecule has 1 aliphatic heterocycles. The molecule has 6 atom stereocenters. The number of rotatable bonds is 6. The molecule has 13 heteroatoms. The molecule has 0 spiro atoms. The van der Waals surface area contributed by atoms with E-state index in [1.807, 2.05) is 0 Å². The molecule has 0 aromatic rings. The van der Waals surface area contributed by atoms with Gasteiger partial charge in [-0.25, -0.2) is 8.42 Å². The van der Waals surface area contributed by atoms with E-state index in [1.165, 1.54) is 0 Å². The standard InChI is InChI=1S/C9H18O11S2/c1-21(14,15)5(22(16,17)18)3-19-9-8(13)7(12)6(11)4(2-10)20-9/h4-13H,2-3H2,1H3,(H,16,17,18)/t4-,5?,6-,7+,8-,9+/m1/s1. The molecule has 0 aliphatic carbocycles. The van der Waals surface area contributed by atoms with Crippen LogP contribution in [0.5, 0.6) is 0 Å². The largest absolute Gasteiger partial charge is 0.394 e. The Bertz CT molecular complexity index is 536. The lowest BCUT2D eigenvalue weighted by atomic mass is 9.99. The van der Waals surface area contributed by atoms with Crippen LogP contribution in [0, 0.1) is 0 Å². The van der Waals surface area contributed by atoms with Crippen LogP contribution in [0.2, 0.25) is 0 Å². The summed E-state index contributed by atoms with van der Waals surface area (Å²) in [5.74, 6) is 0. The Balaban J connectivity index is 2.85. The summed E-state index contributed by atoms with van der Waals surface area (Å²) >= 11 is 0. The summed E-state index contributed by atoms with van der Waals surface area (Å²) in [6, 6.07) is 0. The summed E-state index contributed by atoms with van der Waals surface area (Å²) in [6.45, 7) is -1.82. The van der Waals surface area contributed by atoms with Gasteiger partial charge in [-0.3, -0.25) is 4.55 Å². The number of sulfone groups is 1. The van der Waals surface area contributed by atoms with Gasteiger partial charge in [0.1, 0.15) is 24.4 Å². The average molecular weight is 366 g/mol. The molecule has 11 nitrogen and oxygen atoms in total. The number of hydrogen-bond donors (Lipinski definition) is 5. The zero-order valence-electron chi connectivity index (χ0n) is 11.4. The van der Waals surface area contributed by atoms with E-state index in [0.717, 1.165) is 0 Å². The van der Waals surface area contributed by atoms with Crippen molar-refractivity contribution in [1.82, 2.24) is 0 Å². The van der Waals surface area contributed by atoms with Crippen molar-refractivity contribution in [3.63, 3.8) is 0 Å². The molecule has 0 saturated carbocycles. The quantitative estimate of drug-likeness (QED) is 0.289. The maximum atomic E-state index is 11.3. The van der Waals surface area contributed by atoms with Crippen molar-refractivity contribution in [2.45, 2.75) is 35.3 Å². The predicted molar refractivity (Wildman–Crippen MR) is 69.9 cm³/mol. The Morgan fingerprint density at radius 2 is 1.64 bits per heavy atom. The van der Waals surface area contributed by atoms with E-state index >= 15 is 0 Å². The first-order valence-corrected chi connectivity index (χ1v) is 9.42. The van der Waals surface area contributed by atoms with Crippen molar-refractivity contribution < 1.29 is 51.3 Å². The second-order valence-corrected chi connectivity index (χ2v) is 8.93. The minimum atomic E-state index is -5.00. The number of hydrogen-bond acceptors (Lipinski definition) is 10. The maximum absolute atomic E-state index is 11.3. The molecule has 1 heterocycles. The molecule has 22 heavy (non-hydrogen) atoms. The fraction of sp³-hybridized carbons (Fsp3) is 1.00. The minimum absolute atomic E-state index is 0.558. The van der Waals surface area contributed by atoms with Gasteiger partial charge in [0.05, 0.1) is 13.2 Å². The molecule has 0 radical (unpaired) electrons. The molecule has 1 saturated heterocycles. The lowest BCUT2D eigenvalue weighted by Gasteiger charge is -2.39. The van der Waals surface area contributed by atoms with Crippen molar-refractivity contribution in [1.29, 1.82) is 0 Å². The van der Waals surface area contributed by atoms with Crippen molar-refractivity contribution in [2.75, 3.05) is 19.5 Å². The Morgan fingerprint density at radius 1 is 1.09 bits per heavy atom. The molecule has 5 N–H and O–H groups in total. The highest BCUT2D eigenvalue weighted by atomic mass is 32.3. The monoisotopic (exact) mass is 366 g/mol. The minimum Gasteiger partial charge on any atom is -0.394 e. The van der Waals surface area contributed by atoms with E-state index in [4.69, 9.17) is 19.1 Å². The summed E-state index contributed by atoms with van der Waals surface area (Å²) in [4.78, 5) is 0. The zero-order chi connectivity index (χ0) is 17.3. The van der Waals surface area contributed by atoms with E-state index in [1.54, 1.807) is 0 Å². The van der Waals surface area contributed by atoms with Crippen LogP contribution in [0.15, 0.2) is 0 Å². The smallest absolute Gasteiger partial charge is 0.284 e. The van der Waals surface area contributed by atoms with Gasteiger partial charge in [-0.1, -0.05) is 0 Å². The molecule has 0 amide bonds. The van der Waals surface area contributed by atoms with Crippen LogP contribution < -0.4 is 0 Å². The Morgan fingerprint density at radius 3 is 2.05 bits per heavy atom. The third-order valence-corrected chi connectivity index (χ3v) is 6.72. The fourth-order valence-electron chi connectivity index (χ4n) is 1.81. The Labute approximate surface area is 126 Å². The van der Waals surface area contributed by atoms with Gasteiger partial charge in [-0.2, -0.15) is 8.42 Å². The molecular formula is C9H18O11S2. The summed E-state index contributed by atoms with van der Waals surface area (Å²) < 4.78 is 61.0. The number of aliphatic hydroxyl groups is 4. The molecule has 1 rings (SSSR count). The fourth-order valence-corrected chi connectivity index (χ4v) is 4.15. The van der Waals surface area contributed by atoms with Crippen LogP contribution in [0.3, 0.4) is 0 Å². The van der Waals surface area contributed by atoms with E-state index < -0.39 is 68.5 Å². The molecule has 1 fully saturated rings. The van der Waals surface area contributed by atoms with Crippen LogP contribution in [-0.2, 0) is 29.4 Å². The topological polar surface area (TPSA) is 188 Å². The molecule has 0 bridgehead atoms. The van der Waals surface area contributed by atoms with Crippen molar-refractivity contribution in [3.05, 3.63) is 0 Å². The third-order valence-electron chi connectivity index (χ3n) is 3.05. The van der Waals surface area contributed by atoms with Gasteiger partial charge < -0.3 is 29.9 Å². The van der Waals surface area contributed by atoms with Crippen LogP contribution in [0.1, 0.15) is 0 Å². The van der Waals surface area contributed by atoms with Gasteiger partial charge in [0.15, 0.2) is 16.1 Å². The molecule has 1 unspecified atom stereocenters. The summed E-state index contributed by atoms with van der Waals surface area (Å²) in [7, 11) is -9.24. The first-order chi connectivity index (χ1) is 9.89. The first kappa shape index (κ1) is 19.7. The average Bonchev–Trinajstić information content (AvgIpc) is 2.35. The van der Waals surface area contributed by atoms with Gasteiger partial charge in [-0.05, 0) is 0 Å². The second-order valence-electron chi connectivity index (χ2n) is 4.80. The third kappa shape index (κ3) is 4.56. The number of ether oxygens (including phenoxy) is 2. The van der Waals surface area contributed by atoms with E-state index in [2.05, 4.69) is 0 Å². The molecule has 0 aromatic carbocycles. The van der Waals surface area contributed by atoms with E-state index in [-0.39, 0.29) is 0 Å². The Hall–Kier alpha value is -0.380. The second kappa shape index (κ2) is 7.02. The predicted octanol–water partition coefficient (Wildman–Crippen LogP) is -3.94.